The first kappa shape index (κ1) is 13.8. The Balaban J connectivity index is 4.50. The Morgan fingerprint density at radius 3 is 2.00 bits per heavy atom. The molecule has 14 heavy (non-hydrogen) atoms. The normalized spacial score (nSPS) is 17.9. The average molecular weight is 225 g/mol. The Kier molecular flexibility index (Phi) is 4.51. The molecule has 0 amide bonds. The fourth-order valence-electron chi connectivity index (χ4n) is 1.04. The van der Waals surface area contributed by atoms with E-state index in [-0.39, 0.29) is 12.6 Å². The predicted octanol–water partition coefficient (Wildman–Crippen LogP) is -0.314. The van der Waals surface area contributed by atoms with Gasteiger partial charge in [0.05, 0.1) is 27.2 Å². The van der Waals surface area contributed by atoms with Crippen LogP contribution >= 0.6 is 0 Å². The first-order chi connectivity index (χ1) is 6.09. The molecule has 0 radical (unpaired) electrons. The Morgan fingerprint density at radius 2 is 1.79 bits per heavy atom. The first-order valence-electron chi connectivity index (χ1n) is 4.56. The molecule has 0 bridgehead atoms. The largest absolute Gasteiger partial charge is 0.329 e. The van der Waals surface area contributed by atoms with Crippen LogP contribution in [0.5, 0.6) is 0 Å². The lowest BCUT2D eigenvalue weighted by Crippen LogP contribution is -2.47. The average Bonchev–Trinajstić information content (AvgIpc) is 1.95. The number of quaternary nitrogens is 1. The molecule has 0 aliphatic rings. The van der Waals surface area contributed by atoms with Crippen LogP contribution in [0, 0.1) is 0 Å². The monoisotopic (exact) mass is 225 g/mol. The van der Waals surface area contributed by atoms with Crippen LogP contribution in [0.2, 0.25) is 0 Å². The van der Waals surface area contributed by atoms with Gasteiger partial charge in [-0.1, -0.05) is 0 Å². The summed E-state index contributed by atoms with van der Waals surface area (Å²) in [7, 11) is 1.92. The quantitative estimate of drug-likeness (QED) is 0.496. The van der Waals surface area contributed by atoms with Crippen LogP contribution in [-0.2, 0) is 10.1 Å². The van der Waals surface area contributed by atoms with Crippen molar-refractivity contribution in [2.24, 2.45) is 5.73 Å². The third kappa shape index (κ3) is 4.36. The van der Waals surface area contributed by atoms with Gasteiger partial charge in [-0.25, -0.2) is 0 Å². The molecule has 0 heterocycles. The standard InChI is InChI=1S/C8H20N2O3S/c1-7(10(2,3)4)5-8(6-9)14(11,12)13/h7-8H,5-6,9H2,1-4H3/p+1. The molecule has 6 heteroatoms. The molecule has 0 fully saturated rings. The molecular formula is C8H21N2O3S+. The molecule has 0 aromatic carbocycles. The number of nitrogens with two attached hydrogens (primary N) is 1. The van der Waals surface area contributed by atoms with Gasteiger partial charge in [-0.2, -0.15) is 8.42 Å². The summed E-state index contributed by atoms with van der Waals surface area (Å²) in [6.07, 6.45) is 0.374. The SMILES string of the molecule is CC(CC(CN)S(=O)(=O)O)[N+](C)(C)C. The third-order valence-corrected chi connectivity index (χ3v) is 3.84. The van der Waals surface area contributed by atoms with Gasteiger partial charge in [0, 0.05) is 13.0 Å². The van der Waals surface area contributed by atoms with Crippen LogP contribution in [0.3, 0.4) is 0 Å². The number of nitrogens with zero attached hydrogens (tertiary/aromatic N) is 1. The van der Waals surface area contributed by atoms with Crippen molar-refractivity contribution in [1.82, 2.24) is 0 Å². The van der Waals surface area contributed by atoms with Gasteiger partial charge in [-0.3, -0.25) is 4.55 Å². The maximum absolute atomic E-state index is 10.9. The minimum Gasteiger partial charge on any atom is -0.329 e. The van der Waals surface area contributed by atoms with Crippen molar-refractivity contribution in [3.63, 3.8) is 0 Å². The highest BCUT2D eigenvalue weighted by molar-refractivity contribution is 7.86. The number of hydrogen-bond donors (Lipinski definition) is 2. The molecule has 2 unspecified atom stereocenters. The Labute approximate surface area is 86.2 Å². The molecule has 0 spiro atoms. The molecule has 0 aliphatic heterocycles. The summed E-state index contributed by atoms with van der Waals surface area (Å²) in [5.74, 6) is 0. The first-order valence-corrected chi connectivity index (χ1v) is 6.07. The zero-order valence-corrected chi connectivity index (χ0v) is 10.1. The van der Waals surface area contributed by atoms with Crippen LogP contribution in [0.15, 0.2) is 0 Å². The second-order valence-corrected chi connectivity index (χ2v) is 6.27. The van der Waals surface area contributed by atoms with Crippen molar-refractivity contribution < 1.29 is 17.5 Å². The molecule has 2 atom stereocenters. The smallest absolute Gasteiger partial charge is 0.269 e. The highest BCUT2D eigenvalue weighted by atomic mass is 32.2. The van der Waals surface area contributed by atoms with E-state index in [1.54, 1.807) is 0 Å². The van der Waals surface area contributed by atoms with Gasteiger partial charge in [-0.05, 0) is 6.92 Å². The fourth-order valence-corrected chi connectivity index (χ4v) is 1.80. The third-order valence-electron chi connectivity index (χ3n) is 2.61. The number of hydrogen-bond acceptors (Lipinski definition) is 3. The molecule has 0 aliphatic carbocycles. The zero-order valence-electron chi connectivity index (χ0n) is 9.27. The van der Waals surface area contributed by atoms with Crippen molar-refractivity contribution in [1.29, 1.82) is 0 Å². The second-order valence-electron chi connectivity index (χ2n) is 4.57. The van der Waals surface area contributed by atoms with E-state index in [9.17, 15) is 8.42 Å². The summed E-state index contributed by atoms with van der Waals surface area (Å²) in [6, 6.07) is 0.130. The van der Waals surface area contributed by atoms with E-state index < -0.39 is 15.4 Å². The summed E-state index contributed by atoms with van der Waals surface area (Å²) < 4.78 is 31.3. The zero-order chi connectivity index (χ0) is 11.6. The van der Waals surface area contributed by atoms with Gasteiger partial charge >= 0.3 is 0 Å². The van der Waals surface area contributed by atoms with Gasteiger partial charge < -0.3 is 10.2 Å². The molecule has 3 N–H and O–H groups in total. The molecular weight excluding hydrogens is 204 g/mol. The summed E-state index contributed by atoms with van der Waals surface area (Å²) >= 11 is 0. The predicted molar refractivity (Wildman–Crippen MR) is 56.5 cm³/mol. The minimum absolute atomic E-state index is 0.0385. The molecule has 5 nitrogen and oxygen atoms in total. The lowest BCUT2D eigenvalue weighted by atomic mass is 10.1. The van der Waals surface area contributed by atoms with Crippen LogP contribution in [0.25, 0.3) is 0 Å². The molecule has 0 saturated carbocycles. The van der Waals surface area contributed by atoms with Crippen molar-refractivity contribution in [2.45, 2.75) is 24.6 Å². The maximum atomic E-state index is 10.9. The molecule has 0 saturated heterocycles. The van der Waals surface area contributed by atoms with Gasteiger partial charge in [0.2, 0.25) is 0 Å². The summed E-state index contributed by atoms with van der Waals surface area (Å²) in [5.41, 5.74) is 5.30. The molecule has 0 rings (SSSR count). The van der Waals surface area contributed by atoms with Crippen molar-refractivity contribution >= 4 is 10.1 Å². The Morgan fingerprint density at radius 1 is 1.36 bits per heavy atom. The topological polar surface area (TPSA) is 80.4 Å². The van der Waals surface area contributed by atoms with E-state index in [1.807, 2.05) is 28.1 Å². The van der Waals surface area contributed by atoms with Crippen LogP contribution in [-0.4, -0.2) is 56.4 Å². The van der Waals surface area contributed by atoms with Crippen LogP contribution in [0.4, 0.5) is 0 Å². The highest BCUT2D eigenvalue weighted by Gasteiger charge is 2.29. The van der Waals surface area contributed by atoms with Crippen molar-refractivity contribution in [3.05, 3.63) is 0 Å². The van der Waals surface area contributed by atoms with E-state index in [4.69, 9.17) is 10.3 Å². The fraction of sp³-hybridized carbons (Fsp3) is 1.00. The van der Waals surface area contributed by atoms with Crippen molar-refractivity contribution in [2.75, 3.05) is 27.7 Å². The van der Waals surface area contributed by atoms with Crippen LogP contribution < -0.4 is 5.73 Å². The van der Waals surface area contributed by atoms with Crippen LogP contribution in [0.1, 0.15) is 13.3 Å². The highest BCUT2D eigenvalue weighted by Crippen LogP contribution is 2.13. The second kappa shape index (κ2) is 4.57. The Bertz CT molecular complexity index is 269. The summed E-state index contributed by atoms with van der Waals surface area (Å²) in [6.45, 7) is 1.90. The lowest BCUT2D eigenvalue weighted by molar-refractivity contribution is -0.894. The lowest BCUT2D eigenvalue weighted by Gasteiger charge is -2.33. The van der Waals surface area contributed by atoms with E-state index in [1.165, 1.54) is 0 Å². The van der Waals surface area contributed by atoms with Gasteiger partial charge in [0.1, 0.15) is 5.25 Å². The summed E-state index contributed by atoms with van der Waals surface area (Å²) in [4.78, 5) is 0. The Hall–Kier alpha value is -0.170. The maximum Gasteiger partial charge on any atom is 0.269 e. The van der Waals surface area contributed by atoms with Gasteiger partial charge in [-0.15, -0.1) is 0 Å². The van der Waals surface area contributed by atoms with Gasteiger partial charge in [0.15, 0.2) is 0 Å². The molecule has 86 valence electrons. The van der Waals surface area contributed by atoms with E-state index in [2.05, 4.69) is 0 Å². The van der Waals surface area contributed by atoms with E-state index in [0.29, 0.717) is 10.9 Å². The van der Waals surface area contributed by atoms with Crippen molar-refractivity contribution in [3.8, 4) is 0 Å². The van der Waals surface area contributed by atoms with E-state index >= 15 is 0 Å². The molecule has 0 aromatic rings. The molecule has 0 aromatic heterocycles. The van der Waals surface area contributed by atoms with E-state index in [0.717, 1.165) is 0 Å². The summed E-state index contributed by atoms with van der Waals surface area (Å²) in [5, 5.41) is -0.852. The minimum atomic E-state index is -4.01. The van der Waals surface area contributed by atoms with Gasteiger partial charge in [0.25, 0.3) is 10.1 Å². The number of rotatable bonds is 5.